The van der Waals surface area contributed by atoms with Gasteiger partial charge in [-0.25, -0.2) is 9.00 Å². The second kappa shape index (κ2) is 9.97. The molecule has 7 heteroatoms. The molecule has 1 heterocycles. The Morgan fingerprint density at radius 3 is 2.26 bits per heavy atom. The molecule has 1 aliphatic heterocycles. The number of hydrogen-bond donors (Lipinski definition) is 0. The number of benzene rings is 3. The van der Waals surface area contributed by atoms with Gasteiger partial charge < -0.3 is 18.9 Å². The largest absolute Gasteiger partial charge is 0.497 e. The fraction of sp³-hybridized carbons (Fsp3) is 0.148. The zero-order chi connectivity index (χ0) is 24.2. The van der Waals surface area contributed by atoms with Crippen molar-refractivity contribution in [3.63, 3.8) is 0 Å². The second-order valence-electron chi connectivity index (χ2n) is 7.50. The number of aryl methyl sites for hydroxylation is 1. The van der Waals surface area contributed by atoms with Crippen LogP contribution in [0.4, 0.5) is 0 Å². The Balaban J connectivity index is 1.75. The van der Waals surface area contributed by atoms with Crippen molar-refractivity contribution in [2.45, 2.75) is 11.8 Å². The highest BCUT2D eigenvalue weighted by Gasteiger charge is 2.32. The first-order chi connectivity index (χ1) is 16.4. The van der Waals surface area contributed by atoms with Crippen LogP contribution in [-0.2, 0) is 20.3 Å². The Labute approximate surface area is 200 Å². The number of carbonyl (C=O) groups is 1. The lowest BCUT2D eigenvalue weighted by Crippen LogP contribution is -1.98. The van der Waals surface area contributed by atoms with Gasteiger partial charge >= 0.3 is 5.97 Å². The van der Waals surface area contributed by atoms with Crippen molar-refractivity contribution in [1.82, 2.24) is 0 Å². The number of esters is 1. The van der Waals surface area contributed by atoms with Gasteiger partial charge in [0, 0.05) is 11.6 Å². The topological polar surface area (TPSA) is 71.1 Å². The van der Waals surface area contributed by atoms with Gasteiger partial charge in [0.25, 0.3) is 0 Å². The molecule has 0 spiro atoms. The molecule has 6 nitrogen and oxygen atoms in total. The Morgan fingerprint density at radius 2 is 1.62 bits per heavy atom. The zero-order valence-corrected chi connectivity index (χ0v) is 20.1. The van der Waals surface area contributed by atoms with Crippen LogP contribution in [0.2, 0.25) is 0 Å². The summed E-state index contributed by atoms with van der Waals surface area (Å²) in [5, 5.41) is 0. The third-order valence-corrected chi connectivity index (χ3v) is 6.92. The van der Waals surface area contributed by atoms with E-state index in [0.29, 0.717) is 27.1 Å². The summed E-state index contributed by atoms with van der Waals surface area (Å²) in [6, 6.07) is 18.4. The summed E-state index contributed by atoms with van der Waals surface area (Å²) in [6.07, 6.45) is 3.01. The van der Waals surface area contributed by atoms with Gasteiger partial charge in [-0.15, -0.1) is 0 Å². The SMILES string of the molecule is COC(=O)/C=C/c1ccc(OC2=C(c3ccc(OC)c(C)c3)S(=O)c3cc(OC)ccc32)cc1. The van der Waals surface area contributed by atoms with E-state index in [1.54, 1.807) is 38.5 Å². The fourth-order valence-corrected chi connectivity index (χ4v) is 5.11. The number of fused-ring (bicyclic) bond motifs is 1. The van der Waals surface area contributed by atoms with E-state index >= 15 is 0 Å². The number of ether oxygens (including phenoxy) is 4. The van der Waals surface area contributed by atoms with Gasteiger partial charge in [0.05, 0.1) is 41.9 Å². The standard InChI is InChI=1S/C27H24O6S/c1-17-15-19(8-13-23(17)31-3)27-26(22-12-11-21(30-2)16-24(22)34(27)29)33-20-9-5-18(6-10-20)7-14-25(28)32-4/h5-16H,1-4H3/b14-7+. The van der Waals surface area contributed by atoms with Gasteiger partial charge in [-0.2, -0.15) is 0 Å². The summed E-state index contributed by atoms with van der Waals surface area (Å²) in [6.45, 7) is 1.94. The van der Waals surface area contributed by atoms with Crippen molar-refractivity contribution in [3.05, 3.63) is 89.0 Å². The maximum Gasteiger partial charge on any atom is 0.330 e. The molecule has 0 saturated heterocycles. The molecule has 0 saturated carbocycles. The van der Waals surface area contributed by atoms with Gasteiger partial charge in [0.2, 0.25) is 0 Å². The molecule has 0 radical (unpaired) electrons. The van der Waals surface area contributed by atoms with Crippen LogP contribution in [-0.4, -0.2) is 31.5 Å². The molecule has 1 atom stereocenters. The molecule has 4 rings (SSSR count). The fourth-order valence-electron chi connectivity index (χ4n) is 3.64. The smallest absolute Gasteiger partial charge is 0.330 e. The number of carbonyl (C=O) groups excluding carboxylic acids is 1. The highest BCUT2D eigenvalue weighted by Crippen LogP contribution is 2.44. The molecule has 0 aromatic heterocycles. The molecule has 0 N–H and O–H groups in total. The van der Waals surface area contributed by atoms with E-state index in [1.807, 2.05) is 49.4 Å². The first kappa shape index (κ1) is 23.3. The molecule has 0 fully saturated rings. The van der Waals surface area contributed by atoms with Crippen molar-refractivity contribution in [3.8, 4) is 17.2 Å². The van der Waals surface area contributed by atoms with Crippen molar-refractivity contribution < 1.29 is 28.0 Å². The number of hydrogen-bond acceptors (Lipinski definition) is 6. The van der Waals surface area contributed by atoms with E-state index in [9.17, 15) is 9.00 Å². The molecule has 1 unspecified atom stereocenters. The maximum absolute atomic E-state index is 13.6. The monoisotopic (exact) mass is 476 g/mol. The normalized spacial score (nSPS) is 14.8. The number of rotatable bonds is 7. The summed E-state index contributed by atoms with van der Waals surface area (Å²) in [5.41, 5.74) is 3.29. The maximum atomic E-state index is 13.6. The summed E-state index contributed by atoms with van der Waals surface area (Å²) < 4.78 is 35.3. The Kier molecular flexibility index (Phi) is 6.84. The zero-order valence-electron chi connectivity index (χ0n) is 19.3. The third-order valence-electron chi connectivity index (χ3n) is 5.39. The average Bonchev–Trinajstić information content (AvgIpc) is 3.13. The van der Waals surface area contributed by atoms with Crippen molar-refractivity contribution in [2.75, 3.05) is 21.3 Å². The molecule has 0 aliphatic carbocycles. The summed E-state index contributed by atoms with van der Waals surface area (Å²) >= 11 is 0. The minimum Gasteiger partial charge on any atom is -0.497 e. The molecule has 3 aromatic rings. The minimum atomic E-state index is -1.46. The van der Waals surface area contributed by atoms with E-state index in [4.69, 9.17) is 14.2 Å². The van der Waals surface area contributed by atoms with Gasteiger partial charge in [-0.3, -0.25) is 0 Å². The van der Waals surface area contributed by atoms with Crippen molar-refractivity contribution in [2.24, 2.45) is 0 Å². The quantitative estimate of drug-likeness (QED) is 0.344. The lowest BCUT2D eigenvalue weighted by atomic mass is 10.1. The van der Waals surface area contributed by atoms with E-state index in [1.165, 1.54) is 13.2 Å². The van der Waals surface area contributed by atoms with Crippen LogP contribution in [0.1, 0.15) is 22.3 Å². The van der Waals surface area contributed by atoms with Crippen molar-refractivity contribution >= 4 is 33.5 Å². The van der Waals surface area contributed by atoms with Gasteiger partial charge in [0.1, 0.15) is 17.2 Å². The molecule has 174 valence electrons. The van der Waals surface area contributed by atoms with Crippen LogP contribution < -0.4 is 14.2 Å². The van der Waals surface area contributed by atoms with Gasteiger partial charge in [0.15, 0.2) is 5.76 Å². The summed E-state index contributed by atoms with van der Waals surface area (Å²) in [7, 11) is 3.07. The lowest BCUT2D eigenvalue weighted by Gasteiger charge is -2.12. The molecule has 0 bridgehead atoms. The van der Waals surface area contributed by atoms with Crippen LogP contribution in [0.15, 0.2) is 71.6 Å². The molecule has 1 aliphatic rings. The summed E-state index contributed by atoms with van der Waals surface area (Å²) in [5.74, 6) is 2.06. The van der Waals surface area contributed by atoms with Crippen LogP contribution in [0.3, 0.4) is 0 Å². The van der Waals surface area contributed by atoms with Crippen LogP contribution >= 0.6 is 0 Å². The van der Waals surface area contributed by atoms with E-state index in [-0.39, 0.29) is 0 Å². The molecule has 3 aromatic carbocycles. The van der Waals surface area contributed by atoms with E-state index in [2.05, 4.69) is 4.74 Å². The molecular formula is C27H24O6S. The molecule has 34 heavy (non-hydrogen) atoms. The highest BCUT2D eigenvalue weighted by molar-refractivity contribution is 7.95. The first-order valence-corrected chi connectivity index (χ1v) is 11.6. The van der Waals surface area contributed by atoms with Crippen molar-refractivity contribution in [1.29, 1.82) is 0 Å². The second-order valence-corrected chi connectivity index (χ2v) is 8.89. The summed E-state index contributed by atoms with van der Waals surface area (Å²) in [4.78, 5) is 12.5. The Morgan fingerprint density at radius 1 is 0.882 bits per heavy atom. The predicted octanol–water partition coefficient (Wildman–Crippen LogP) is 5.22. The first-order valence-electron chi connectivity index (χ1n) is 10.5. The van der Waals surface area contributed by atoms with Crippen LogP contribution in [0.25, 0.3) is 16.7 Å². The molecular weight excluding hydrogens is 452 g/mol. The highest BCUT2D eigenvalue weighted by atomic mass is 32.2. The Bertz CT molecular complexity index is 1320. The van der Waals surface area contributed by atoms with Crippen LogP contribution in [0.5, 0.6) is 17.2 Å². The van der Waals surface area contributed by atoms with E-state index < -0.39 is 16.8 Å². The third kappa shape index (κ3) is 4.61. The van der Waals surface area contributed by atoms with Gasteiger partial charge in [-0.05, 0) is 78.2 Å². The Hall–Kier alpha value is -3.84. The number of methoxy groups -OCH3 is 3. The molecule has 0 amide bonds. The predicted molar refractivity (Wildman–Crippen MR) is 132 cm³/mol. The van der Waals surface area contributed by atoms with Crippen LogP contribution in [0, 0.1) is 6.92 Å². The lowest BCUT2D eigenvalue weighted by molar-refractivity contribution is -0.134. The average molecular weight is 477 g/mol. The minimum absolute atomic E-state index is 0.426. The van der Waals surface area contributed by atoms with E-state index in [0.717, 1.165) is 28.0 Å². The van der Waals surface area contributed by atoms with Gasteiger partial charge in [-0.1, -0.05) is 12.1 Å².